The minimum atomic E-state index is 0.484. The molecule has 0 saturated carbocycles. The number of hydrogen-bond acceptors (Lipinski definition) is 5. The number of guanidine groups is 1. The van der Waals surface area contributed by atoms with Gasteiger partial charge in [-0.15, -0.1) is 10.2 Å². The van der Waals surface area contributed by atoms with Crippen molar-refractivity contribution in [1.29, 1.82) is 0 Å². The van der Waals surface area contributed by atoms with Gasteiger partial charge in [-0.3, -0.25) is 9.30 Å². The summed E-state index contributed by atoms with van der Waals surface area (Å²) in [5.74, 6) is 1.63. The molecule has 1 aliphatic rings. The summed E-state index contributed by atoms with van der Waals surface area (Å²) in [4.78, 5) is 7.01. The van der Waals surface area contributed by atoms with E-state index in [2.05, 4.69) is 37.6 Å². The van der Waals surface area contributed by atoms with E-state index in [4.69, 9.17) is 4.74 Å². The Balaban J connectivity index is 1.54. The van der Waals surface area contributed by atoms with E-state index in [0.29, 0.717) is 6.54 Å². The van der Waals surface area contributed by atoms with Crippen molar-refractivity contribution in [2.75, 3.05) is 45.9 Å². The molecule has 0 atom stereocenters. The Bertz CT molecular complexity index is 663. The van der Waals surface area contributed by atoms with Crippen LogP contribution in [-0.2, 0) is 11.3 Å². The van der Waals surface area contributed by atoms with Crippen molar-refractivity contribution in [2.45, 2.75) is 13.5 Å². The van der Waals surface area contributed by atoms with Crippen LogP contribution in [0.25, 0.3) is 5.65 Å². The molecule has 0 amide bonds. The van der Waals surface area contributed by atoms with Crippen molar-refractivity contribution in [2.24, 2.45) is 4.99 Å². The molecule has 3 rings (SSSR count). The second-order valence-corrected chi connectivity index (χ2v) is 5.62. The van der Waals surface area contributed by atoms with Gasteiger partial charge in [0.15, 0.2) is 17.4 Å². The number of nitrogens with zero attached hydrogens (tertiary/aromatic N) is 5. The molecule has 0 radical (unpaired) electrons. The van der Waals surface area contributed by atoms with Gasteiger partial charge in [0.25, 0.3) is 0 Å². The monoisotopic (exact) mass is 331 g/mol. The van der Waals surface area contributed by atoms with Gasteiger partial charge in [0.05, 0.1) is 13.2 Å². The number of hydrogen-bond donors (Lipinski definition) is 2. The summed E-state index contributed by atoms with van der Waals surface area (Å²) in [6.07, 6.45) is 1.96. The fourth-order valence-electron chi connectivity index (χ4n) is 2.65. The van der Waals surface area contributed by atoms with Gasteiger partial charge >= 0.3 is 0 Å². The summed E-state index contributed by atoms with van der Waals surface area (Å²) in [6, 6.07) is 5.86. The second-order valence-electron chi connectivity index (χ2n) is 5.62. The fourth-order valence-corrected chi connectivity index (χ4v) is 2.65. The third-order valence-electron chi connectivity index (χ3n) is 3.93. The molecule has 1 aliphatic heterocycles. The van der Waals surface area contributed by atoms with Crippen LogP contribution in [0.3, 0.4) is 0 Å². The Kier molecular flexibility index (Phi) is 5.97. The van der Waals surface area contributed by atoms with Crippen LogP contribution in [0.4, 0.5) is 0 Å². The van der Waals surface area contributed by atoms with Crippen LogP contribution < -0.4 is 10.6 Å². The van der Waals surface area contributed by atoms with Gasteiger partial charge in [0, 0.05) is 38.9 Å². The highest BCUT2D eigenvalue weighted by molar-refractivity contribution is 5.79. The summed E-state index contributed by atoms with van der Waals surface area (Å²) in [5, 5.41) is 15.0. The maximum atomic E-state index is 5.37. The van der Waals surface area contributed by atoms with E-state index in [9.17, 15) is 0 Å². The maximum absolute atomic E-state index is 5.37. The van der Waals surface area contributed by atoms with Gasteiger partial charge < -0.3 is 15.4 Å². The molecule has 2 aromatic heterocycles. The van der Waals surface area contributed by atoms with Crippen molar-refractivity contribution in [3.8, 4) is 0 Å². The van der Waals surface area contributed by atoms with E-state index < -0.39 is 0 Å². The molecule has 8 heteroatoms. The van der Waals surface area contributed by atoms with Crippen molar-refractivity contribution in [3.05, 3.63) is 30.2 Å². The van der Waals surface area contributed by atoms with Crippen LogP contribution in [0.2, 0.25) is 0 Å². The molecule has 0 unspecified atom stereocenters. The fraction of sp³-hybridized carbons (Fsp3) is 0.562. The predicted octanol–water partition coefficient (Wildman–Crippen LogP) is 0.117. The molecular formula is C16H25N7O. The zero-order valence-corrected chi connectivity index (χ0v) is 14.1. The van der Waals surface area contributed by atoms with E-state index in [1.165, 1.54) is 0 Å². The zero-order chi connectivity index (χ0) is 16.6. The molecule has 1 fully saturated rings. The maximum Gasteiger partial charge on any atom is 0.191 e. The summed E-state index contributed by atoms with van der Waals surface area (Å²) in [5.41, 5.74) is 0.841. The molecule has 8 nitrogen and oxygen atoms in total. The lowest BCUT2D eigenvalue weighted by Crippen LogP contribution is -2.44. The minimum absolute atomic E-state index is 0.484. The average molecular weight is 331 g/mol. The van der Waals surface area contributed by atoms with Crippen LogP contribution in [0.1, 0.15) is 12.7 Å². The normalized spacial score (nSPS) is 16.5. The summed E-state index contributed by atoms with van der Waals surface area (Å²) in [6.45, 7) is 8.87. The molecule has 0 bridgehead atoms. The van der Waals surface area contributed by atoms with Crippen LogP contribution in [-0.4, -0.2) is 71.4 Å². The molecule has 2 N–H and O–H groups in total. The average Bonchev–Trinajstić information content (AvgIpc) is 3.04. The molecule has 2 aromatic rings. The van der Waals surface area contributed by atoms with Gasteiger partial charge in [0.2, 0.25) is 0 Å². The number of fused-ring (bicyclic) bond motifs is 1. The molecule has 1 saturated heterocycles. The van der Waals surface area contributed by atoms with E-state index in [1.807, 2.05) is 28.8 Å². The third kappa shape index (κ3) is 4.42. The highest BCUT2D eigenvalue weighted by Gasteiger charge is 2.10. The summed E-state index contributed by atoms with van der Waals surface area (Å²) >= 11 is 0. The van der Waals surface area contributed by atoms with Crippen LogP contribution in [0.15, 0.2) is 29.4 Å². The van der Waals surface area contributed by atoms with E-state index in [1.54, 1.807) is 0 Å². The van der Waals surface area contributed by atoms with Gasteiger partial charge in [-0.1, -0.05) is 6.07 Å². The van der Waals surface area contributed by atoms with Crippen molar-refractivity contribution in [1.82, 2.24) is 30.1 Å². The van der Waals surface area contributed by atoms with Crippen molar-refractivity contribution in [3.63, 3.8) is 0 Å². The first-order valence-electron chi connectivity index (χ1n) is 8.47. The summed E-state index contributed by atoms with van der Waals surface area (Å²) < 4.78 is 7.33. The van der Waals surface area contributed by atoms with Gasteiger partial charge in [0.1, 0.15) is 6.54 Å². The molecule has 24 heavy (non-hydrogen) atoms. The highest BCUT2D eigenvalue weighted by atomic mass is 16.5. The number of rotatable bonds is 6. The van der Waals surface area contributed by atoms with E-state index in [-0.39, 0.29) is 0 Å². The van der Waals surface area contributed by atoms with E-state index in [0.717, 1.165) is 63.4 Å². The van der Waals surface area contributed by atoms with Crippen molar-refractivity contribution < 1.29 is 4.74 Å². The van der Waals surface area contributed by atoms with Crippen molar-refractivity contribution >= 4 is 11.6 Å². The Morgan fingerprint density at radius 1 is 1.25 bits per heavy atom. The minimum Gasteiger partial charge on any atom is -0.379 e. The Morgan fingerprint density at radius 2 is 2.12 bits per heavy atom. The number of morpholine rings is 1. The largest absolute Gasteiger partial charge is 0.379 e. The zero-order valence-electron chi connectivity index (χ0n) is 14.1. The summed E-state index contributed by atoms with van der Waals surface area (Å²) in [7, 11) is 0. The Hall–Kier alpha value is -2.19. The first-order valence-corrected chi connectivity index (χ1v) is 8.47. The third-order valence-corrected chi connectivity index (χ3v) is 3.93. The number of ether oxygens (including phenoxy) is 1. The number of aliphatic imine (C=N–C) groups is 1. The van der Waals surface area contributed by atoms with Gasteiger partial charge in [-0.05, 0) is 19.1 Å². The van der Waals surface area contributed by atoms with E-state index >= 15 is 0 Å². The molecule has 0 spiro atoms. The number of pyridine rings is 1. The Labute approximate surface area is 141 Å². The van der Waals surface area contributed by atoms with Gasteiger partial charge in [-0.25, -0.2) is 4.99 Å². The molecule has 130 valence electrons. The quantitative estimate of drug-likeness (QED) is 0.578. The molecule has 0 aromatic carbocycles. The topological polar surface area (TPSA) is 79.1 Å². The predicted molar refractivity (Wildman–Crippen MR) is 93.1 cm³/mol. The first kappa shape index (κ1) is 16.7. The molecular weight excluding hydrogens is 306 g/mol. The lowest BCUT2D eigenvalue weighted by atomic mass is 10.4. The molecule has 3 heterocycles. The Morgan fingerprint density at radius 3 is 2.96 bits per heavy atom. The van der Waals surface area contributed by atoms with Crippen LogP contribution >= 0.6 is 0 Å². The van der Waals surface area contributed by atoms with Gasteiger partial charge in [-0.2, -0.15) is 0 Å². The smallest absolute Gasteiger partial charge is 0.191 e. The first-order chi connectivity index (χ1) is 11.9. The number of nitrogens with one attached hydrogen (secondary N) is 2. The number of aromatic nitrogens is 3. The van der Waals surface area contributed by atoms with Crippen LogP contribution in [0.5, 0.6) is 0 Å². The lowest BCUT2D eigenvalue weighted by molar-refractivity contribution is 0.0389. The van der Waals surface area contributed by atoms with Crippen LogP contribution in [0, 0.1) is 0 Å². The highest BCUT2D eigenvalue weighted by Crippen LogP contribution is 2.03. The SMILES string of the molecule is CCNC(=NCc1nnc2ccccn12)NCCN1CCOCC1. The lowest BCUT2D eigenvalue weighted by Gasteiger charge is -2.26. The second kappa shape index (κ2) is 8.60. The molecule has 0 aliphatic carbocycles. The standard InChI is InChI=1S/C16H25N7O/c1-2-17-16(18-6-8-22-9-11-24-12-10-22)19-13-15-21-20-14-5-3-4-7-23(14)15/h3-5,7H,2,6,8-13H2,1H3,(H2,17,18,19).